The van der Waals surface area contributed by atoms with Crippen LogP contribution in [0.3, 0.4) is 0 Å². The minimum atomic E-state index is -0.279. The number of hydrogen-bond donors (Lipinski definition) is 0. The fraction of sp³-hybridized carbons (Fsp3) is 0.250. The Bertz CT molecular complexity index is 1140. The monoisotopic (exact) mass is 435 g/mol. The summed E-state index contributed by atoms with van der Waals surface area (Å²) in [4.78, 5) is 9.25. The second kappa shape index (κ2) is 9.08. The number of oxazole rings is 1. The van der Waals surface area contributed by atoms with Gasteiger partial charge in [0.1, 0.15) is 12.1 Å². The predicted molar refractivity (Wildman–Crippen MR) is 118 cm³/mol. The van der Waals surface area contributed by atoms with Crippen molar-refractivity contribution in [2.75, 3.05) is 6.61 Å². The number of ether oxygens (including phenoxy) is 1. The van der Waals surface area contributed by atoms with E-state index in [0.29, 0.717) is 11.6 Å². The summed E-state index contributed by atoms with van der Waals surface area (Å²) >= 11 is 1.62. The third kappa shape index (κ3) is 4.57. The van der Waals surface area contributed by atoms with Gasteiger partial charge in [-0.3, -0.25) is 0 Å². The minimum absolute atomic E-state index is 0.216. The van der Waals surface area contributed by atoms with E-state index >= 15 is 0 Å². The molecule has 5 rings (SSSR count). The second-order valence-corrected chi connectivity index (χ2v) is 8.42. The number of nitrogens with zero attached hydrogens (tertiary/aromatic N) is 3. The van der Waals surface area contributed by atoms with Gasteiger partial charge in [-0.25, -0.2) is 14.4 Å². The number of thioether (sulfide) groups is 1. The van der Waals surface area contributed by atoms with Crippen molar-refractivity contribution in [3.05, 3.63) is 78.6 Å². The molecule has 0 radical (unpaired) electrons. The van der Waals surface area contributed by atoms with Crippen molar-refractivity contribution in [1.82, 2.24) is 14.5 Å². The SMILES string of the molecule is Fc1ccc(-c2nc(CSc3ncc(-c4ccccc4)n3CC3CCCO3)co2)cc1. The van der Waals surface area contributed by atoms with E-state index in [1.807, 2.05) is 24.4 Å². The smallest absolute Gasteiger partial charge is 0.226 e. The average Bonchev–Trinajstić information content (AvgIpc) is 3.56. The zero-order chi connectivity index (χ0) is 21.0. The van der Waals surface area contributed by atoms with Crippen LogP contribution in [-0.4, -0.2) is 27.2 Å². The van der Waals surface area contributed by atoms with Gasteiger partial charge in [0.15, 0.2) is 5.16 Å². The largest absolute Gasteiger partial charge is 0.444 e. The van der Waals surface area contributed by atoms with Gasteiger partial charge in [0, 0.05) is 17.9 Å². The lowest BCUT2D eigenvalue weighted by Gasteiger charge is -2.16. The maximum atomic E-state index is 13.2. The lowest BCUT2D eigenvalue weighted by molar-refractivity contribution is 0.0954. The molecule has 0 aliphatic carbocycles. The first-order valence-corrected chi connectivity index (χ1v) is 11.3. The molecule has 0 N–H and O–H groups in total. The molecule has 0 amide bonds. The summed E-state index contributed by atoms with van der Waals surface area (Å²) in [6.45, 7) is 1.61. The molecule has 4 aromatic rings. The average molecular weight is 436 g/mol. The Labute approximate surface area is 184 Å². The molecule has 158 valence electrons. The molecule has 1 aliphatic heterocycles. The highest BCUT2D eigenvalue weighted by atomic mass is 32.2. The molecule has 2 aromatic carbocycles. The maximum absolute atomic E-state index is 13.2. The van der Waals surface area contributed by atoms with E-state index < -0.39 is 0 Å². The molecule has 2 aromatic heterocycles. The third-order valence-electron chi connectivity index (χ3n) is 5.29. The van der Waals surface area contributed by atoms with Crippen molar-refractivity contribution in [2.45, 2.75) is 36.4 Å². The van der Waals surface area contributed by atoms with Gasteiger partial charge in [-0.2, -0.15) is 0 Å². The lowest BCUT2D eigenvalue weighted by Crippen LogP contribution is -2.16. The molecule has 7 heteroatoms. The summed E-state index contributed by atoms with van der Waals surface area (Å²) in [6.07, 6.45) is 5.97. The Kier molecular flexibility index (Phi) is 5.86. The van der Waals surface area contributed by atoms with Gasteiger partial charge in [0.25, 0.3) is 0 Å². The van der Waals surface area contributed by atoms with Crippen molar-refractivity contribution in [1.29, 1.82) is 0 Å². The normalized spacial score (nSPS) is 16.1. The molecule has 1 atom stereocenters. The first-order chi connectivity index (χ1) is 15.3. The fourth-order valence-corrected chi connectivity index (χ4v) is 4.58. The van der Waals surface area contributed by atoms with Crippen molar-refractivity contribution in [3.63, 3.8) is 0 Å². The van der Waals surface area contributed by atoms with Gasteiger partial charge in [-0.1, -0.05) is 42.1 Å². The zero-order valence-corrected chi connectivity index (χ0v) is 17.7. The van der Waals surface area contributed by atoms with E-state index in [9.17, 15) is 4.39 Å². The van der Waals surface area contributed by atoms with Crippen molar-refractivity contribution < 1.29 is 13.5 Å². The topological polar surface area (TPSA) is 53.1 Å². The Morgan fingerprint density at radius 3 is 2.68 bits per heavy atom. The third-order valence-corrected chi connectivity index (χ3v) is 6.31. The van der Waals surface area contributed by atoms with Crippen LogP contribution < -0.4 is 0 Å². The van der Waals surface area contributed by atoms with Gasteiger partial charge in [0.05, 0.1) is 30.2 Å². The van der Waals surface area contributed by atoms with Gasteiger partial charge < -0.3 is 13.7 Å². The van der Waals surface area contributed by atoms with Gasteiger partial charge >= 0.3 is 0 Å². The molecule has 31 heavy (non-hydrogen) atoms. The van der Waals surface area contributed by atoms with Crippen LogP contribution in [0.15, 0.2) is 76.6 Å². The number of imidazole rings is 1. The standard InChI is InChI=1S/C24H22FN3O2S/c25-19-10-8-18(9-11-19)23-27-20(15-30-23)16-31-24-26-13-22(17-5-2-1-3-6-17)28(24)14-21-7-4-12-29-21/h1-3,5-6,8-11,13,15,21H,4,7,12,14,16H2. The molecule has 1 saturated heterocycles. The quantitative estimate of drug-likeness (QED) is 0.343. The van der Waals surface area contributed by atoms with Crippen molar-refractivity contribution in [3.8, 4) is 22.7 Å². The summed E-state index contributed by atoms with van der Waals surface area (Å²) in [7, 11) is 0. The molecule has 1 fully saturated rings. The Hall–Kier alpha value is -2.90. The van der Waals surface area contributed by atoms with Crippen LogP contribution in [0.4, 0.5) is 4.39 Å². The van der Waals surface area contributed by atoms with E-state index in [4.69, 9.17) is 14.1 Å². The number of hydrogen-bond acceptors (Lipinski definition) is 5. The maximum Gasteiger partial charge on any atom is 0.226 e. The molecule has 1 unspecified atom stereocenters. The van der Waals surface area contributed by atoms with E-state index in [1.54, 1.807) is 30.2 Å². The Morgan fingerprint density at radius 2 is 1.90 bits per heavy atom. The van der Waals surface area contributed by atoms with Gasteiger partial charge in [0.2, 0.25) is 5.89 Å². The summed E-state index contributed by atoms with van der Waals surface area (Å²) in [6, 6.07) is 16.4. The van der Waals surface area contributed by atoms with Crippen LogP contribution in [0.5, 0.6) is 0 Å². The summed E-state index contributed by atoms with van der Waals surface area (Å²) in [5, 5.41) is 0.931. The van der Waals surface area contributed by atoms with Gasteiger partial charge in [-0.05, 0) is 42.7 Å². The first kappa shape index (κ1) is 20.0. The molecule has 5 nitrogen and oxygen atoms in total. The summed E-state index contributed by atoms with van der Waals surface area (Å²) in [5.41, 5.74) is 3.80. The first-order valence-electron chi connectivity index (χ1n) is 10.3. The van der Waals surface area contributed by atoms with E-state index in [1.165, 1.54) is 12.1 Å². The van der Waals surface area contributed by atoms with Crippen molar-refractivity contribution >= 4 is 11.8 Å². The summed E-state index contributed by atoms with van der Waals surface area (Å²) in [5.74, 6) is 0.836. The van der Waals surface area contributed by atoms with Crippen LogP contribution in [0.25, 0.3) is 22.7 Å². The highest BCUT2D eigenvalue weighted by Crippen LogP contribution is 2.30. The van der Waals surface area contributed by atoms with Crippen LogP contribution in [0.1, 0.15) is 18.5 Å². The number of aromatic nitrogens is 3. The zero-order valence-electron chi connectivity index (χ0n) is 16.9. The molecular weight excluding hydrogens is 413 g/mol. The minimum Gasteiger partial charge on any atom is -0.444 e. The molecule has 3 heterocycles. The highest BCUT2D eigenvalue weighted by molar-refractivity contribution is 7.98. The van der Waals surface area contributed by atoms with Crippen molar-refractivity contribution in [2.24, 2.45) is 0 Å². The van der Waals surface area contributed by atoms with E-state index in [-0.39, 0.29) is 11.9 Å². The van der Waals surface area contributed by atoms with E-state index in [0.717, 1.165) is 53.7 Å². The Morgan fingerprint density at radius 1 is 1.06 bits per heavy atom. The highest BCUT2D eigenvalue weighted by Gasteiger charge is 2.21. The molecule has 0 saturated carbocycles. The van der Waals surface area contributed by atoms with Crippen LogP contribution >= 0.6 is 11.8 Å². The molecule has 0 spiro atoms. The van der Waals surface area contributed by atoms with Crippen LogP contribution in [0, 0.1) is 5.82 Å². The molecule has 1 aliphatic rings. The van der Waals surface area contributed by atoms with Crippen LogP contribution in [0.2, 0.25) is 0 Å². The van der Waals surface area contributed by atoms with Crippen LogP contribution in [-0.2, 0) is 17.0 Å². The second-order valence-electron chi connectivity index (χ2n) is 7.48. The predicted octanol–water partition coefficient (Wildman–Crippen LogP) is 5.82. The summed E-state index contributed by atoms with van der Waals surface area (Å²) < 4.78 is 26.9. The van der Waals surface area contributed by atoms with E-state index in [2.05, 4.69) is 21.7 Å². The molecule has 0 bridgehead atoms. The Balaban J connectivity index is 1.35. The number of rotatable bonds is 7. The lowest BCUT2D eigenvalue weighted by atomic mass is 10.1. The van der Waals surface area contributed by atoms with Gasteiger partial charge in [-0.15, -0.1) is 0 Å². The number of benzene rings is 2. The fourth-order valence-electron chi connectivity index (χ4n) is 3.72. The molecular formula is C24H22FN3O2S. The number of halogens is 1.